The van der Waals surface area contributed by atoms with Gasteiger partial charge in [0.1, 0.15) is 0 Å². The third-order valence-corrected chi connectivity index (χ3v) is 10.8. The molecule has 0 saturated carbocycles. The van der Waals surface area contributed by atoms with Crippen LogP contribution in [-0.2, 0) is 9.47 Å². The zero-order valence-corrected chi connectivity index (χ0v) is 28.5. The van der Waals surface area contributed by atoms with Gasteiger partial charge in [-0.1, -0.05) is 91.9 Å². The van der Waals surface area contributed by atoms with Crippen molar-refractivity contribution in [2.75, 3.05) is 13.2 Å². The van der Waals surface area contributed by atoms with E-state index in [-0.39, 0.29) is 11.1 Å². The van der Waals surface area contributed by atoms with Crippen molar-refractivity contribution in [3.05, 3.63) is 29.0 Å². The highest BCUT2D eigenvalue weighted by atomic mass is 79.9. The van der Waals surface area contributed by atoms with Gasteiger partial charge in [0, 0.05) is 17.9 Å². The van der Waals surface area contributed by atoms with Crippen LogP contribution >= 0.6 is 63.7 Å². The van der Waals surface area contributed by atoms with Gasteiger partial charge < -0.3 is 9.47 Å². The van der Waals surface area contributed by atoms with Gasteiger partial charge in [-0.3, -0.25) is 0 Å². The van der Waals surface area contributed by atoms with E-state index in [0.29, 0.717) is 31.1 Å². The molecule has 0 aliphatic rings. The lowest BCUT2D eigenvalue weighted by molar-refractivity contribution is 0.0448. The average molecular weight is 762 g/mol. The summed E-state index contributed by atoms with van der Waals surface area (Å²) < 4.78 is 13.3. The summed E-state index contributed by atoms with van der Waals surface area (Å²) >= 11 is 13.9. The smallest absolute Gasteiger partial charge is 0.340 e. The Morgan fingerprint density at radius 3 is 1.17 bits per heavy atom. The molecule has 0 bridgehead atoms. The Hall–Kier alpha value is 0.0800. The summed E-state index contributed by atoms with van der Waals surface area (Å²) in [5.41, 5.74) is 0.347. The van der Waals surface area contributed by atoms with Crippen molar-refractivity contribution >= 4 is 75.7 Å². The van der Waals surface area contributed by atoms with Crippen LogP contribution in [0.3, 0.4) is 0 Å². The SMILES string of the molecule is CC(C)CCCCCCCOC(=O)c1c(Br)c(Br)c(Br)c(Br)c1C(=O)OCCCCCCCC(C)C. The Morgan fingerprint density at radius 2 is 0.833 bits per heavy atom. The molecular formula is C28H42Br4O4. The zero-order valence-electron chi connectivity index (χ0n) is 22.2. The van der Waals surface area contributed by atoms with Crippen LogP contribution < -0.4 is 0 Å². The van der Waals surface area contributed by atoms with Gasteiger partial charge in [-0.05, 0) is 88.4 Å². The van der Waals surface area contributed by atoms with Crippen LogP contribution in [0.15, 0.2) is 17.9 Å². The van der Waals surface area contributed by atoms with E-state index in [1.165, 1.54) is 38.5 Å². The summed E-state index contributed by atoms with van der Waals surface area (Å²) in [6.07, 6.45) is 13.3. The van der Waals surface area contributed by atoms with E-state index in [2.05, 4.69) is 91.4 Å². The van der Waals surface area contributed by atoms with Crippen LogP contribution in [0.1, 0.15) is 125 Å². The number of carbonyl (C=O) groups is 2. The molecule has 1 aromatic rings. The van der Waals surface area contributed by atoms with Gasteiger partial charge in [0.25, 0.3) is 0 Å². The Kier molecular flexibility index (Phi) is 18.2. The van der Waals surface area contributed by atoms with Gasteiger partial charge in [0.05, 0.1) is 24.3 Å². The highest BCUT2D eigenvalue weighted by Crippen LogP contribution is 2.42. The average Bonchev–Trinajstić information content (AvgIpc) is 2.82. The Labute approximate surface area is 251 Å². The minimum atomic E-state index is -0.535. The number of hydrogen-bond donors (Lipinski definition) is 0. The number of ether oxygens (including phenoxy) is 2. The van der Waals surface area contributed by atoms with E-state index in [1.54, 1.807) is 0 Å². The van der Waals surface area contributed by atoms with Crippen molar-refractivity contribution in [1.82, 2.24) is 0 Å². The quantitative estimate of drug-likeness (QED) is 0.0647. The van der Waals surface area contributed by atoms with Crippen molar-refractivity contribution in [3.63, 3.8) is 0 Å². The second-order valence-electron chi connectivity index (χ2n) is 10.2. The van der Waals surface area contributed by atoms with Crippen LogP contribution in [0.2, 0.25) is 0 Å². The molecule has 0 fully saturated rings. The fourth-order valence-electron chi connectivity index (χ4n) is 3.86. The van der Waals surface area contributed by atoms with Gasteiger partial charge >= 0.3 is 11.9 Å². The zero-order chi connectivity index (χ0) is 27.1. The Bertz CT molecular complexity index is 758. The lowest BCUT2D eigenvalue weighted by atomic mass is 10.0. The van der Waals surface area contributed by atoms with E-state index in [4.69, 9.17) is 9.47 Å². The van der Waals surface area contributed by atoms with Crippen molar-refractivity contribution in [3.8, 4) is 0 Å². The number of hydrogen-bond acceptors (Lipinski definition) is 4. The summed E-state index contributed by atoms with van der Waals surface area (Å²) in [6, 6.07) is 0. The first-order valence-corrected chi connectivity index (χ1v) is 16.4. The molecule has 0 spiro atoms. The molecule has 206 valence electrons. The predicted molar refractivity (Wildman–Crippen MR) is 163 cm³/mol. The minimum absolute atomic E-state index is 0.174. The summed E-state index contributed by atoms with van der Waals surface area (Å²) in [6.45, 7) is 9.64. The molecule has 0 radical (unpaired) electrons. The first kappa shape index (κ1) is 34.1. The molecule has 0 heterocycles. The summed E-state index contributed by atoms with van der Waals surface area (Å²) in [5.74, 6) is 0.421. The van der Waals surface area contributed by atoms with Crippen LogP contribution in [0.25, 0.3) is 0 Å². The molecule has 0 N–H and O–H groups in total. The van der Waals surface area contributed by atoms with Gasteiger partial charge in [-0.25, -0.2) is 9.59 Å². The number of benzene rings is 1. The largest absolute Gasteiger partial charge is 0.462 e. The second kappa shape index (κ2) is 19.2. The van der Waals surface area contributed by atoms with Crippen molar-refractivity contribution < 1.29 is 19.1 Å². The van der Waals surface area contributed by atoms with Gasteiger partial charge in [-0.2, -0.15) is 0 Å². The highest BCUT2D eigenvalue weighted by molar-refractivity contribution is 9.15. The molecule has 0 amide bonds. The Morgan fingerprint density at radius 1 is 0.528 bits per heavy atom. The maximum Gasteiger partial charge on any atom is 0.340 e. The molecule has 0 aliphatic heterocycles. The molecule has 1 aromatic carbocycles. The molecular weight excluding hydrogens is 720 g/mol. The maximum atomic E-state index is 13.0. The highest BCUT2D eigenvalue weighted by Gasteiger charge is 2.30. The van der Waals surface area contributed by atoms with Gasteiger partial charge in [-0.15, -0.1) is 0 Å². The molecule has 4 nitrogen and oxygen atoms in total. The molecule has 0 aliphatic carbocycles. The van der Waals surface area contributed by atoms with Crippen LogP contribution in [0.5, 0.6) is 0 Å². The molecule has 1 rings (SSSR count). The summed E-state index contributed by atoms with van der Waals surface area (Å²) in [7, 11) is 0. The van der Waals surface area contributed by atoms with Gasteiger partial charge in [0.2, 0.25) is 0 Å². The molecule has 36 heavy (non-hydrogen) atoms. The van der Waals surface area contributed by atoms with E-state index in [1.807, 2.05) is 0 Å². The third kappa shape index (κ3) is 12.8. The van der Waals surface area contributed by atoms with Crippen LogP contribution in [0, 0.1) is 11.8 Å². The van der Waals surface area contributed by atoms with Crippen LogP contribution in [0.4, 0.5) is 0 Å². The lowest BCUT2D eigenvalue weighted by Crippen LogP contribution is -2.17. The van der Waals surface area contributed by atoms with Crippen molar-refractivity contribution in [1.29, 1.82) is 0 Å². The minimum Gasteiger partial charge on any atom is -0.462 e. The number of carbonyl (C=O) groups excluding carboxylic acids is 2. The topological polar surface area (TPSA) is 52.6 Å². The third-order valence-electron chi connectivity index (χ3n) is 5.99. The van der Waals surface area contributed by atoms with E-state index >= 15 is 0 Å². The van der Waals surface area contributed by atoms with E-state index in [9.17, 15) is 9.59 Å². The van der Waals surface area contributed by atoms with E-state index in [0.717, 1.165) is 50.4 Å². The number of esters is 2. The maximum absolute atomic E-state index is 13.0. The standard InChI is InChI=1S/C28H42Br4O4/c1-19(2)15-11-7-5-9-13-17-35-27(33)21-22(24(30)26(32)25(31)23(21)29)28(34)36-18-14-10-6-8-12-16-20(3)4/h19-20H,5-18H2,1-4H3. The molecule has 0 unspecified atom stereocenters. The number of rotatable bonds is 18. The number of halogens is 4. The van der Waals surface area contributed by atoms with Gasteiger partial charge in [0.15, 0.2) is 0 Å². The van der Waals surface area contributed by atoms with E-state index < -0.39 is 11.9 Å². The Balaban J connectivity index is 2.65. The molecule has 0 atom stereocenters. The van der Waals surface area contributed by atoms with Crippen LogP contribution in [-0.4, -0.2) is 25.2 Å². The van der Waals surface area contributed by atoms with Crippen molar-refractivity contribution in [2.24, 2.45) is 11.8 Å². The first-order chi connectivity index (χ1) is 17.1. The van der Waals surface area contributed by atoms with Crippen molar-refractivity contribution in [2.45, 2.75) is 105 Å². The summed E-state index contributed by atoms with van der Waals surface area (Å²) in [4.78, 5) is 26.0. The monoisotopic (exact) mass is 758 g/mol. The number of unbranched alkanes of at least 4 members (excludes halogenated alkanes) is 8. The fraction of sp³-hybridized carbons (Fsp3) is 0.714. The molecule has 8 heteroatoms. The first-order valence-electron chi connectivity index (χ1n) is 13.3. The fourth-order valence-corrected chi connectivity index (χ4v) is 6.30. The normalized spacial score (nSPS) is 11.4. The predicted octanol–water partition coefficient (Wildman–Crippen LogP) is 11.0. The summed E-state index contributed by atoms with van der Waals surface area (Å²) in [5, 5.41) is 0. The second-order valence-corrected chi connectivity index (χ2v) is 13.4. The molecule has 0 saturated heterocycles. The molecule has 0 aromatic heterocycles. The lowest BCUT2D eigenvalue weighted by Gasteiger charge is -2.16.